The van der Waals surface area contributed by atoms with E-state index in [1.165, 1.54) is 6.07 Å². The monoisotopic (exact) mass is 253 g/mol. The third-order valence-corrected chi connectivity index (χ3v) is 2.46. The number of ether oxygens (including phenoxy) is 1. The molecule has 0 radical (unpaired) electrons. The van der Waals surface area contributed by atoms with Gasteiger partial charge in [0.05, 0.1) is 19.3 Å². The summed E-state index contributed by atoms with van der Waals surface area (Å²) in [6.45, 7) is 1.07. The van der Waals surface area contributed by atoms with Crippen LogP contribution in [0.5, 0.6) is 5.75 Å². The minimum Gasteiger partial charge on any atom is -0.507 e. The molecule has 0 heterocycles. The SMILES string of the molecule is COC(=O)C(CO)NC(=O)c1cccc(C)c1O. The maximum absolute atomic E-state index is 11.8. The molecule has 1 aromatic carbocycles. The summed E-state index contributed by atoms with van der Waals surface area (Å²) in [6, 6.07) is 3.53. The number of esters is 1. The van der Waals surface area contributed by atoms with Gasteiger partial charge in [0.15, 0.2) is 6.04 Å². The van der Waals surface area contributed by atoms with Crippen LogP contribution in [0, 0.1) is 6.92 Å². The van der Waals surface area contributed by atoms with E-state index >= 15 is 0 Å². The molecular formula is C12H15NO5. The highest BCUT2D eigenvalue weighted by Gasteiger charge is 2.22. The first-order valence-electron chi connectivity index (χ1n) is 5.29. The van der Waals surface area contributed by atoms with E-state index in [0.29, 0.717) is 5.56 Å². The molecule has 6 heteroatoms. The molecule has 3 N–H and O–H groups in total. The summed E-state index contributed by atoms with van der Waals surface area (Å²) in [6.07, 6.45) is 0. The first-order valence-corrected chi connectivity index (χ1v) is 5.29. The zero-order chi connectivity index (χ0) is 13.7. The molecule has 1 rings (SSSR count). The molecular weight excluding hydrogens is 238 g/mol. The Labute approximate surface area is 104 Å². The molecule has 0 aromatic heterocycles. The lowest BCUT2D eigenvalue weighted by Gasteiger charge is -2.14. The van der Waals surface area contributed by atoms with E-state index < -0.39 is 24.5 Å². The summed E-state index contributed by atoms with van der Waals surface area (Å²) in [5, 5.41) is 21.0. The Morgan fingerprint density at radius 2 is 2.11 bits per heavy atom. The van der Waals surface area contributed by atoms with Crippen molar-refractivity contribution in [1.82, 2.24) is 5.32 Å². The molecule has 98 valence electrons. The van der Waals surface area contributed by atoms with Gasteiger partial charge >= 0.3 is 5.97 Å². The number of benzene rings is 1. The molecule has 0 aliphatic carbocycles. The number of methoxy groups -OCH3 is 1. The van der Waals surface area contributed by atoms with Crippen LogP contribution < -0.4 is 5.32 Å². The van der Waals surface area contributed by atoms with Crippen molar-refractivity contribution in [3.63, 3.8) is 0 Å². The summed E-state index contributed by atoms with van der Waals surface area (Å²) in [4.78, 5) is 23.0. The Hall–Kier alpha value is -2.08. The van der Waals surface area contributed by atoms with Gasteiger partial charge in [-0.15, -0.1) is 0 Å². The van der Waals surface area contributed by atoms with Crippen LogP contribution in [0.25, 0.3) is 0 Å². The lowest BCUT2D eigenvalue weighted by molar-refractivity contribution is -0.143. The van der Waals surface area contributed by atoms with Crippen molar-refractivity contribution in [2.24, 2.45) is 0 Å². The van der Waals surface area contributed by atoms with Gasteiger partial charge in [-0.25, -0.2) is 4.79 Å². The van der Waals surface area contributed by atoms with Gasteiger partial charge in [-0.05, 0) is 18.6 Å². The normalized spacial score (nSPS) is 11.7. The van der Waals surface area contributed by atoms with E-state index in [0.717, 1.165) is 7.11 Å². The fourth-order valence-corrected chi connectivity index (χ4v) is 1.40. The number of aromatic hydroxyl groups is 1. The van der Waals surface area contributed by atoms with Crippen molar-refractivity contribution in [1.29, 1.82) is 0 Å². The summed E-state index contributed by atoms with van der Waals surface area (Å²) in [7, 11) is 1.15. The molecule has 0 saturated heterocycles. The van der Waals surface area contributed by atoms with Crippen molar-refractivity contribution in [3.8, 4) is 5.75 Å². The Morgan fingerprint density at radius 1 is 1.44 bits per heavy atom. The van der Waals surface area contributed by atoms with Crippen molar-refractivity contribution in [2.75, 3.05) is 13.7 Å². The number of aliphatic hydroxyl groups excluding tert-OH is 1. The number of rotatable bonds is 4. The second-order valence-electron chi connectivity index (χ2n) is 3.70. The van der Waals surface area contributed by atoms with Crippen LogP contribution in [0.4, 0.5) is 0 Å². The number of hydrogen-bond acceptors (Lipinski definition) is 5. The lowest BCUT2D eigenvalue weighted by atomic mass is 10.1. The Morgan fingerprint density at radius 3 is 2.67 bits per heavy atom. The summed E-state index contributed by atoms with van der Waals surface area (Å²) in [5.41, 5.74) is 0.582. The smallest absolute Gasteiger partial charge is 0.330 e. The van der Waals surface area contributed by atoms with Gasteiger partial charge < -0.3 is 20.3 Å². The lowest BCUT2D eigenvalue weighted by Crippen LogP contribution is -2.44. The van der Waals surface area contributed by atoms with E-state index in [1.807, 2.05) is 0 Å². The Bertz CT molecular complexity index is 458. The highest BCUT2D eigenvalue weighted by molar-refractivity contribution is 5.99. The van der Waals surface area contributed by atoms with Crippen molar-refractivity contribution < 1.29 is 24.5 Å². The maximum Gasteiger partial charge on any atom is 0.330 e. The van der Waals surface area contributed by atoms with E-state index in [-0.39, 0.29) is 11.3 Å². The Kier molecular flexibility index (Phi) is 4.67. The summed E-state index contributed by atoms with van der Waals surface area (Å²) < 4.78 is 4.42. The van der Waals surface area contributed by atoms with Crippen LogP contribution in [-0.2, 0) is 9.53 Å². The number of phenols is 1. The molecule has 0 saturated carbocycles. The quantitative estimate of drug-likeness (QED) is 0.654. The standard InChI is InChI=1S/C12H15NO5/c1-7-4-3-5-8(10(7)15)11(16)13-9(6-14)12(17)18-2/h3-5,9,14-15H,6H2,1-2H3,(H,13,16). The van der Waals surface area contributed by atoms with Crippen LogP contribution in [0.2, 0.25) is 0 Å². The van der Waals surface area contributed by atoms with Crippen molar-refractivity contribution in [3.05, 3.63) is 29.3 Å². The van der Waals surface area contributed by atoms with Gasteiger partial charge in [-0.2, -0.15) is 0 Å². The first kappa shape index (κ1) is 14.0. The number of phenolic OH excluding ortho intramolecular Hbond substituents is 1. The number of carbonyl (C=O) groups is 2. The van der Waals surface area contributed by atoms with E-state index in [4.69, 9.17) is 5.11 Å². The molecule has 0 aliphatic rings. The highest BCUT2D eigenvalue weighted by atomic mass is 16.5. The van der Waals surface area contributed by atoms with Crippen LogP contribution in [-0.4, -0.2) is 41.8 Å². The van der Waals surface area contributed by atoms with Gasteiger partial charge in [0.25, 0.3) is 5.91 Å². The van der Waals surface area contributed by atoms with Crippen LogP contribution >= 0.6 is 0 Å². The Balaban J connectivity index is 2.88. The highest BCUT2D eigenvalue weighted by Crippen LogP contribution is 2.21. The number of aryl methyl sites for hydroxylation is 1. The average Bonchev–Trinajstić information content (AvgIpc) is 2.37. The minimum absolute atomic E-state index is 0.0392. The van der Waals surface area contributed by atoms with Gasteiger partial charge in [0, 0.05) is 0 Å². The molecule has 18 heavy (non-hydrogen) atoms. The second kappa shape index (κ2) is 6.02. The molecule has 0 spiro atoms. The number of para-hydroxylation sites is 1. The fraction of sp³-hybridized carbons (Fsp3) is 0.333. The van der Waals surface area contributed by atoms with E-state index in [2.05, 4.69) is 10.1 Å². The molecule has 1 aromatic rings. The predicted octanol–water partition coefficient (Wildman–Crippen LogP) is -0.0357. The number of aliphatic hydroxyl groups is 1. The molecule has 1 amide bonds. The van der Waals surface area contributed by atoms with E-state index in [9.17, 15) is 14.7 Å². The third kappa shape index (κ3) is 2.98. The zero-order valence-electron chi connectivity index (χ0n) is 10.1. The summed E-state index contributed by atoms with van der Waals surface area (Å²) >= 11 is 0. The predicted molar refractivity (Wildman–Crippen MR) is 63.2 cm³/mol. The van der Waals surface area contributed by atoms with Gasteiger partial charge in [0.1, 0.15) is 5.75 Å². The molecule has 0 bridgehead atoms. The van der Waals surface area contributed by atoms with Crippen molar-refractivity contribution in [2.45, 2.75) is 13.0 Å². The van der Waals surface area contributed by atoms with E-state index in [1.54, 1.807) is 19.1 Å². The third-order valence-electron chi connectivity index (χ3n) is 2.46. The first-order chi connectivity index (χ1) is 8.51. The number of hydrogen-bond donors (Lipinski definition) is 3. The van der Waals surface area contributed by atoms with Crippen LogP contribution in [0.3, 0.4) is 0 Å². The zero-order valence-corrected chi connectivity index (χ0v) is 10.1. The van der Waals surface area contributed by atoms with Crippen LogP contribution in [0.1, 0.15) is 15.9 Å². The molecule has 6 nitrogen and oxygen atoms in total. The number of nitrogens with one attached hydrogen (secondary N) is 1. The minimum atomic E-state index is -1.15. The largest absolute Gasteiger partial charge is 0.507 e. The number of amides is 1. The summed E-state index contributed by atoms with van der Waals surface area (Å²) in [5.74, 6) is -1.56. The maximum atomic E-state index is 11.8. The molecule has 1 unspecified atom stereocenters. The average molecular weight is 253 g/mol. The molecule has 0 aliphatic heterocycles. The van der Waals surface area contributed by atoms with Crippen LogP contribution in [0.15, 0.2) is 18.2 Å². The number of carbonyl (C=O) groups excluding carboxylic acids is 2. The molecule has 1 atom stereocenters. The van der Waals surface area contributed by atoms with Gasteiger partial charge in [0.2, 0.25) is 0 Å². The molecule has 0 fully saturated rings. The van der Waals surface area contributed by atoms with Gasteiger partial charge in [-0.3, -0.25) is 4.79 Å². The topological polar surface area (TPSA) is 95.9 Å². The van der Waals surface area contributed by atoms with Crippen molar-refractivity contribution >= 4 is 11.9 Å². The van der Waals surface area contributed by atoms with Gasteiger partial charge in [-0.1, -0.05) is 12.1 Å². The fourth-order valence-electron chi connectivity index (χ4n) is 1.40. The second-order valence-corrected chi connectivity index (χ2v) is 3.70.